The molecule has 2 rings (SSSR count). The van der Waals surface area contributed by atoms with Gasteiger partial charge < -0.3 is 4.74 Å². The summed E-state index contributed by atoms with van der Waals surface area (Å²) in [6.45, 7) is 5.63. The van der Waals surface area contributed by atoms with E-state index in [4.69, 9.17) is 16.3 Å². The van der Waals surface area contributed by atoms with Crippen molar-refractivity contribution in [3.63, 3.8) is 0 Å². The molecule has 0 radical (unpaired) electrons. The van der Waals surface area contributed by atoms with Crippen molar-refractivity contribution in [2.24, 2.45) is 0 Å². The summed E-state index contributed by atoms with van der Waals surface area (Å²) in [5, 5.41) is 0.515. The van der Waals surface area contributed by atoms with Crippen LogP contribution in [0.4, 0.5) is 13.2 Å². The fourth-order valence-corrected chi connectivity index (χ4v) is 2.79. The molecule has 7 heteroatoms. The van der Waals surface area contributed by atoms with Crippen LogP contribution in [0.5, 0.6) is 0 Å². The molecule has 0 aliphatic heterocycles. The highest BCUT2D eigenvalue weighted by Gasteiger charge is 2.34. The molecule has 2 nitrogen and oxygen atoms in total. The Bertz CT molecular complexity index is 636. The molecule has 2 aromatic heterocycles. The lowest BCUT2D eigenvalue weighted by Crippen LogP contribution is -2.09. The van der Waals surface area contributed by atoms with E-state index in [9.17, 15) is 13.2 Å². The number of thiophene rings is 1. The summed E-state index contributed by atoms with van der Waals surface area (Å²) in [5.74, 6) is 0.105. The topological polar surface area (TPSA) is 22.1 Å². The van der Waals surface area contributed by atoms with Crippen molar-refractivity contribution in [3.8, 4) is 0 Å². The van der Waals surface area contributed by atoms with E-state index >= 15 is 0 Å². The Balaban J connectivity index is 2.68. The van der Waals surface area contributed by atoms with Crippen LogP contribution in [0.25, 0.3) is 15.8 Å². The van der Waals surface area contributed by atoms with Crippen molar-refractivity contribution >= 4 is 38.8 Å². The third kappa shape index (κ3) is 2.84. The van der Waals surface area contributed by atoms with Gasteiger partial charge >= 0.3 is 6.18 Å². The number of rotatable bonds is 3. The Labute approximate surface area is 116 Å². The zero-order valence-electron chi connectivity index (χ0n) is 9.84. The van der Waals surface area contributed by atoms with Crippen molar-refractivity contribution < 1.29 is 17.9 Å². The maximum absolute atomic E-state index is 12.8. The molecule has 0 atom stereocenters. The molecule has 19 heavy (non-hydrogen) atoms. The second-order valence-corrected chi connectivity index (χ2v) is 5.39. The lowest BCUT2D eigenvalue weighted by atomic mass is 10.2. The van der Waals surface area contributed by atoms with Crippen LogP contribution in [0.3, 0.4) is 0 Å². The highest BCUT2D eigenvalue weighted by atomic mass is 35.5. The molecule has 0 aromatic carbocycles. The Kier molecular flexibility index (Phi) is 3.73. The highest BCUT2D eigenvalue weighted by Crippen LogP contribution is 2.37. The minimum absolute atomic E-state index is 0.0785. The van der Waals surface area contributed by atoms with Crippen LogP contribution >= 0.6 is 22.9 Å². The molecule has 0 amide bonds. The molecule has 0 saturated carbocycles. The normalized spacial score (nSPS) is 11.8. The SMILES string of the molecule is C=C(OCC)c1nc(C(F)(F)F)cc2sc(Cl)cc12. The predicted octanol–water partition coefficient (Wildman–Crippen LogP) is 4.98. The summed E-state index contributed by atoms with van der Waals surface area (Å²) in [5.41, 5.74) is -0.899. The average Bonchev–Trinajstić information content (AvgIpc) is 2.66. The number of halogens is 4. The van der Waals surface area contributed by atoms with E-state index in [1.165, 1.54) is 0 Å². The van der Waals surface area contributed by atoms with E-state index in [0.29, 0.717) is 21.0 Å². The first kappa shape index (κ1) is 14.1. The molecule has 2 aromatic rings. The molecule has 0 N–H and O–H groups in total. The summed E-state index contributed by atoms with van der Waals surface area (Å²) in [6.07, 6.45) is -4.52. The van der Waals surface area contributed by atoms with Crippen molar-refractivity contribution in [1.82, 2.24) is 4.98 Å². The average molecular weight is 308 g/mol. The summed E-state index contributed by atoms with van der Waals surface area (Å²) in [6, 6.07) is 2.54. The van der Waals surface area contributed by atoms with E-state index in [1.807, 2.05) is 0 Å². The van der Waals surface area contributed by atoms with E-state index in [2.05, 4.69) is 11.6 Å². The molecule has 0 aliphatic carbocycles. The second kappa shape index (κ2) is 5.02. The molecule has 0 aliphatic rings. The number of fused-ring (bicyclic) bond motifs is 1. The molecule has 0 fully saturated rings. The monoisotopic (exact) mass is 307 g/mol. The first-order valence-corrected chi connectivity index (χ1v) is 6.51. The van der Waals surface area contributed by atoms with Gasteiger partial charge in [-0.1, -0.05) is 18.2 Å². The molecular weight excluding hydrogens is 299 g/mol. The van der Waals surface area contributed by atoms with Crippen molar-refractivity contribution in [1.29, 1.82) is 0 Å². The third-order valence-electron chi connectivity index (χ3n) is 2.36. The number of pyridine rings is 1. The smallest absolute Gasteiger partial charge is 0.433 e. The Morgan fingerprint density at radius 2 is 2.16 bits per heavy atom. The van der Waals surface area contributed by atoms with E-state index in [-0.39, 0.29) is 11.5 Å². The first-order chi connectivity index (χ1) is 8.82. The van der Waals surface area contributed by atoms with Crippen molar-refractivity contribution in [2.45, 2.75) is 13.1 Å². The van der Waals surface area contributed by atoms with Crippen molar-refractivity contribution in [3.05, 3.63) is 34.4 Å². The fourth-order valence-electron chi connectivity index (χ4n) is 1.60. The van der Waals surface area contributed by atoms with Gasteiger partial charge in [0, 0.05) is 10.1 Å². The molecule has 0 bridgehead atoms. The maximum atomic E-state index is 12.8. The highest BCUT2D eigenvalue weighted by molar-refractivity contribution is 7.22. The molecule has 2 heterocycles. The zero-order chi connectivity index (χ0) is 14.2. The van der Waals surface area contributed by atoms with Crippen LogP contribution in [-0.4, -0.2) is 11.6 Å². The van der Waals surface area contributed by atoms with Gasteiger partial charge in [0.15, 0.2) is 0 Å². The van der Waals surface area contributed by atoms with Crippen LogP contribution in [0.15, 0.2) is 18.7 Å². The number of hydrogen-bond donors (Lipinski definition) is 0. The van der Waals surface area contributed by atoms with Gasteiger partial charge in [-0.05, 0) is 19.1 Å². The van der Waals surface area contributed by atoms with Gasteiger partial charge in [-0.2, -0.15) is 13.2 Å². The number of hydrogen-bond acceptors (Lipinski definition) is 3. The molecule has 0 saturated heterocycles. The lowest BCUT2D eigenvalue weighted by Gasteiger charge is -2.11. The van der Waals surface area contributed by atoms with Gasteiger partial charge in [-0.25, -0.2) is 4.98 Å². The maximum Gasteiger partial charge on any atom is 0.433 e. The van der Waals surface area contributed by atoms with E-state index in [0.717, 1.165) is 17.4 Å². The minimum Gasteiger partial charge on any atom is -0.492 e. The Hall–Kier alpha value is -1.27. The third-order valence-corrected chi connectivity index (χ3v) is 3.57. The van der Waals surface area contributed by atoms with Gasteiger partial charge in [0.1, 0.15) is 17.1 Å². The zero-order valence-corrected chi connectivity index (χ0v) is 11.4. The molecule has 102 valence electrons. The number of ether oxygens (including phenoxy) is 1. The van der Waals surface area contributed by atoms with Gasteiger partial charge in [0.05, 0.1) is 10.9 Å². The van der Waals surface area contributed by atoms with Crippen molar-refractivity contribution in [2.75, 3.05) is 6.61 Å². The minimum atomic E-state index is -4.52. The van der Waals surface area contributed by atoms with Crippen LogP contribution in [0.1, 0.15) is 18.3 Å². The van der Waals surface area contributed by atoms with E-state index < -0.39 is 11.9 Å². The summed E-state index contributed by atoms with van der Waals surface area (Å²) in [4.78, 5) is 3.60. The number of aromatic nitrogens is 1. The second-order valence-electron chi connectivity index (χ2n) is 3.67. The van der Waals surface area contributed by atoms with Gasteiger partial charge in [0.2, 0.25) is 0 Å². The fraction of sp³-hybridized carbons (Fsp3) is 0.250. The summed E-state index contributed by atoms with van der Waals surface area (Å²) in [7, 11) is 0. The largest absolute Gasteiger partial charge is 0.492 e. The first-order valence-electron chi connectivity index (χ1n) is 5.32. The van der Waals surface area contributed by atoms with Crippen LogP contribution in [0.2, 0.25) is 4.34 Å². The molecule has 0 unspecified atom stereocenters. The summed E-state index contributed by atoms with van der Waals surface area (Å²) < 4.78 is 44.3. The van der Waals surface area contributed by atoms with Gasteiger partial charge in [0.25, 0.3) is 0 Å². The lowest BCUT2D eigenvalue weighted by molar-refractivity contribution is -0.141. The van der Waals surface area contributed by atoms with Gasteiger partial charge in [-0.15, -0.1) is 11.3 Å². The molecular formula is C12H9ClF3NOS. The summed E-state index contributed by atoms with van der Waals surface area (Å²) >= 11 is 6.90. The quantitative estimate of drug-likeness (QED) is 0.746. The van der Waals surface area contributed by atoms with Gasteiger partial charge in [-0.3, -0.25) is 0 Å². The van der Waals surface area contributed by atoms with Crippen LogP contribution in [-0.2, 0) is 10.9 Å². The molecule has 0 spiro atoms. The Morgan fingerprint density at radius 3 is 2.74 bits per heavy atom. The number of nitrogens with zero attached hydrogens (tertiary/aromatic N) is 1. The predicted molar refractivity (Wildman–Crippen MR) is 70.3 cm³/mol. The standard InChI is InChI=1S/C12H9ClF3NOS/c1-3-18-6(2)11-7-4-10(13)19-8(7)5-9(17-11)12(14,15)16/h4-5H,2-3H2,1H3. The van der Waals surface area contributed by atoms with E-state index in [1.54, 1.807) is 13.0 Å². The Morgan fingerprint density at radius 1 is 1.47 bits per heavy atom. The van der Waals surface area contributed by atoms with Crippen LogP contribution in [0, 0.1) is 0 Å². The number of alkyl halides is 3. The van der Waals surface area contributed by atoms with Crippen LogP contribution < -0.4 is 0 Å².